The third-order valence-electron chi connectivity index (χ3n) is 2.69. The van der Waals surface area contributed by atoms with Crippen LogP contribution in [0.3, 0.4) is 0 Å². The molecule has 0 spiro atoms. The predicted molar refractivity (Wildman–Crippen MR) is 65.6 cm³/mol. The fourth-order valence-corrected chi connectivity index (χ4v) is 1.69. The molecular formula is C15H15O. The van der Waals surface area contributed by atoms with Crippen molar-refractivity contribution in [2.45, 2.75) is 19.4 Å². The van der Waals surface area contributed by atoms with E-state index in [0.29, 0.717) is 0 Å². The van der Waals surface area contributed by atoms with Gasteiger partial charge in [-0.25, -0.2) is 5.11 Å². The summed E-state index contributed by atoms with van der Waals surface area (Å²) in [4.78, 5) is 0. The first-order valence-electron chi connectivity index (χ1n) is 5.44. The van der Waals surface area contributed by atoms with Crippen molar-refractivity contribution < 1.29 is 5.11 Å². The summed E-state index contributed by atoms with van der Waals surface area (Å²) in [5.74, 6) is 0. The van der Waals surface area contributed by atoms with E-state index in [0.717, 1.165) is 11.1 Å². The second-order valence-corrected chi connectivity index (χ2v) is 4.45. The molecular weight excluding hydrogens is 196 g/mol. The van der Waals surface area contributed by atoms with Crippen molar-refractivity contribution in [2.75, 3.05) is 0 Å². The zero-order valence-corrected chi connectivity index (χ0v) is 9.60. The van der Waals surface area contributed by atoms with Gasteiger partial charge in [0.2, 0.25) is 0 Å². The average Bonchev–Trinajstić information content (AvgIpc) is 2.29. The van der Waals surface area contributed by atoms with Crippen LogP contribution in [0.25, 0.3) is 11.1 Å². The molecule has 0 aliphatic carbocycles. The van der Waals surface area contributed by atoms with Gasteiger partial charge in [-0.15, -0.1) is 0 Å². The minimum absolute atomic E-state index is 0.826. The Morgan fingerprint density at radius 1 is 0.750 bits per heavy atom. The van der Waals surface area contributed by atoms with Gasteiger partial charge in [0, 0.05) is 0 Å². The quantitative estimate of drug-likeness (QED) is 0.715. The third-order valence-corrected chi connectivity index (χ3v) is 2.69. The second-order valence-electron chi connectivity index (χ2n) is 4.45. The molecule has 1 heteroatoms. The number of hydrogen-bond acceptors (Lipinski definition) is 0. The maximum Gasteiger partial charge on any atom is 0.123 e. The molecule has 0 unspecified atom stereocenters. The summed E-state index contributed by atoms with van der Waals surface area (Å²) >= 11 is 0. The lowest BCUT2D eigenvalue weighted by atomic mass is 9.96. The topological polar surface area (TPSA) is 19.9 Å². The van der Waals surface area contributed by atoms with Gasteiger partial charge in [0.1, 0.15) is 5.60 Å². The molecule has 1 radical (unpaired) electrons. The standard InChI is InChI=1S/C15H15O/c1-15(2,16)14-10-8-13(9-11-14)12-6-4-3-5-7-12/h3-11H,1-2H3. The average molecular weight is 211 g/mol. The molecule has 0 fully saturated rings. The molecule has 16 heavy (non-hydrogen) atoms. The lowest BCUT2D eigenvalue weighted by Crippen LogP contribution is -2.12. The number of rotatable bonds is 2. The van der Waals surface area contributed by atoms with Crippen molar-refractivity contribution in [3.63, 3.8) is 0 Å². The zero-order valence-electron chi connectivity index (χ0n) is 9.60. The van der Waals surface area contributed by atoms with Gasteiger partial charge in [0.05, 0.1) is 0 Å². The van der Waals surface area contributed by atoms with E-state index in [1.807, 2.05) is 42.5 Å². The lowest BCUT2D eigenvalue weighted by Gasteiger charge is -2.15. The van der Waals surface area contributed by atoms with E-state index in [-0.39, 0.29) is 0 Å². The highest BCUT2D eigenvalue weighted by Gasteiger charge is 2.17. The molecule has 2 rings (SSSR count). The predicted octanol–water partition coefficient (Wildman–Crippen LogP) is 4.02. The monoisotopic (exact) mass is 211 g/mol. The van der Waals surface area contributed by atoms with Crippen LogP contribution in [0.5, 0.6) is 0 Å². The Balaban J connectivity index is 2.34. The van der Waals surface area contributed by atoms with E-state index in [9.17, 15) is 5.11 Å². The summed E-state index contributed by atoms with van der Waals surface area (Å²) < 4.78 is 0. The van der Waals surface area contributed by atoms with Crippen molar-refractivity contribution in [1.29, 1.82) is 0 Å². The first-order chi connectivity index (χ1) is 7.57. The Labute approximate surface area is 96.4 Å². The molecule has 0 amide bonds. The minimum Gasteiger partial charge on any atom is -0.225 e. The van der Waals surface area contributed by atoms with Gasteiger partial charge >= 0.3 is 0 Å². The van der Waals surface area contributed by atoms with E-state index in [4.69, 9.17) is 0 Å². The van der Waals surface area contributed by atoms with Crippen molar-refractivity contribution in [3.05, 3.63) is 60.2 Å². The fourth-order valence-electron chi connectivity index (χ4n) is 1.69. The summed E-state index contributed by atoms with van der Waals surface area (Å²) in [5.41, 5.74) is 2.13. The van der Waals surface area contributed by atoms with Gasteiger partial charge in [-0.3, -0.25) is 0 Å². The van der Waals surface area contributed by atoms with Crippen LogP contribution < -0.4 is 0 Å². The number of hydrogen-bond donors (Lipinski definition) is 0. The van der Waals surface area contributed by atoms with Crippen molar-refractivity contribution in [1.82, 2.24) is 0 Å². The summed E-state index contributed by atoms with van der Waals surface area (Å²) in [5, 5.41) is 11.8. The molecule has 2 aromatic rings. The van der Waals surface area contributed by atoms with Crippen molar-refractivity contribution in [3.8, 4) is 11.1 Å². The lowest BCUT2D eigenvalue weighted by molar-refractivity contribution is -0.0000873. The maximum absolute atomic E-state index is 11.8. The molecule has 1 nitrogen and oxygen atoms in total. The van der Waals surface area contributed by atoms with Crippen LogP contribution >= 0.6 is 0 Å². The van der Waals surface area contributed by atoms with Gasteiger partial charge in [-0.1, -0.05) is 54.6 Å². The minimum atomic E-state index is -1.02. The van der Waals surface area contributed by atoms with Crippen LogP contribution in [-0.2, 0) is 10.7 Å². The largest absolute Gasteiger partial charge is 0.225 e. The van der Waals surface area contributed by atoms with E-state index in [2.05, 4.69) is 12.1 Å². The van der Waals surface area contributed by atoms with Crippen LogP contribution in [-0.4, -0.2) is 0 Å². The van der Waals surface area contributed by atoms with Crippen LogP contribution in [0.4, 0.5) is 0 Å². The Morgan fingerprint density at radius 2 is 1.25 bits per heavy atom. The normalized spacial score (nSPS) is 11.4. The fraction of sp³-hybridized carbons (Fsp3) is 0.200. The van der Waals surface area contributed by atoms with Crippen LogP contribution in [0.15, 0.2) is 54.6 Å². The Hall–Kier alpha value is -1.60. The highest BCUT2D eigenvalue weighted by molar-refractivity contribution is 5.63. The smallest absolute Gasteiger partial charge is 0.123 e. The van der Waals surface area contributed by atoms with E-state index in [1.54, 1.807) is 13.8 Å². The Bertz CT molecular complexity index is 449. The molecule has 0 atom stereocenters. The highest BCUT2D eigenvalue weighted by atomic mass is 16.3. The van der Waals surface area contributed by atoms with Crippen molar-refractivity contribution >= 4 is 0 Å². The molecule has 0 aliphatic heterocycles. The summed E-state index contributed by atoms with van der Waals surface area (Å²) in [6.07, 6.45) is 0. The molecule has 0 saturated heterocycles. The molecule has 0 aliphatic rings. The van der Waals surface area contributed by atoms with E-state index in [1.165, 1.54) is 5.56 Å². The molecule has 2 aromatic carbocycles. The summed E-state index contributed by atoms with van der Waals surface area (Å²) in [7, 11) is 0. The molecule has 0 bridgehead atoms. The molecule has 0 heterocycles. The van der Waals surface area contributed by atoms with Crippen molar-refractivity contribution in [2.24, 2.45) is 0 Å². The van der Waals surface area contributed by atoms with Crippen LogP contribution in [0.1, 0.15) is 19.4 Å². The van der Waals surface area contributed by atoms with Gasteiger partial charge < -0.3 is 0 Å². The summed E-state index contributed by atoms with van der Waals surface area (Å²) in [6.45, 7) is 3.37. The maximum atomic E-state index is 11.8. The first-order valence-corrected chi connectivity index (χ1v) is 5.44. The zero-order chi connectivity index (χ0) is 11.6. The number of benzene rings is 2. The SMILES string of the molecule is CC(C)([O])c1ccc(-c2ccccc2)cc1. The summed E-state index contributed by atoms with van der Waals surface area (Å²) in [6, 6.07) is 18.0. The first kappa shape index (κ1) is 10.9. The van der Waals surface area contributed by atoms with Crippen LogP contribution in [0.2, 0.25) is 0 Å². The van der Waals surface area contributed by atoms with E-state index < -0.39 is 5.60 Å². The van der Waals surface area contributed by atoms with Gasteiger partial charge in [-0.2, -0.15) is 0 Å². The van der Waals surface area contributed by atoms with Gasteiger partial charge in [0.25, 0.3) is 0 Å². The Kier molecular flexibility index (Phi) is 2.80. The second kappa shape index (κ2) is 4.11. The van der Waals surface area contributed by atoms with Crippen LogP contribution in [0, 0.1) is 0 Å². The van der Waals surface area contributed by atoms with E-state index >= 15 is 0 Å². The Morgan fingerprint density at radius 3 is 1.75 bits per heavy atom. The van der Waals surface area contributed by atoms with Gasteiger partial charge in [0.15, 0.2) is 0 Å². The molecule has 0 aromatic heterocycles. The molecule has 0 N–H and O–H groups in total. The van der Waals surface area contributed by atoms with Gasteiger partial charge in [-0.05, 0) is 30.5 Å². The third kappa shape index (κ3) is 2.31. The highest BCUT2D eigenvalue weighted by Crippen LogP contribution is 2.24. The molecule has 81 valence electrons. The molecule has 0 saturated carbocycles.